The first-order valence-electron chi connectivity index (χ1n) is 10.3. The topological polar surface area (TPSA) is 214 Å². The first-order chi connectivity index (χ1) is 14.8. The van der Waals surface area contributed by atoms with E-state index in [1.165, 1.54) is 25.7 Å². The molecule has 0 aromatic carbocycles. The average Bonchev–Trinajstić information content (AvgIpc) is 3.19. The summed E-state index contributed by atoms with van der Waals surface area (Å²) < 4.78 is 0. The molecule has 0 radical (unpaired) electrons. The van der Waals surface area contributed by atoms with Gasteiger partial charge in [0.25, 0.3) is 0 Å². The average molecular weight is 457 g/mol. The van der Waals surface area contributed by atoms with E-state index in [4.69, 9.17) is 16.6 Å². The van der Waals surface area contributed by atoms with Crippen LogP contribution in [0, 0.1) is 0 Å². The van der Waals surface area contributed by atoms with E-state index in [-0.39, 0.29) is 19.4 Å². The summed E-state index contributed by atoms with van der Waals surface area (Å²) in [6, 6.07) is -5.04. The van der Waals surface area contributed by atoms with Crippen molar-refractivity contribution in [3.63, 3.8) is 0 Å². The Morgan fingerprint density at radius 2 is 1.62 bits per heavy atom. The maximum absolute atomic E-state index is 13.1. The van der Waals surface area contributed by atoms with Crippen LogP contribution >= 0.6 is 0 Å². The zero-order valence-electron chi connectivity index (χ0n) is 18.4. The first kappa shape index (κ1) is 26.8. The fraction of sp³-hybridized carbons (Fsp3) is 0.684. The van der Waals surface area contributed by atoms with E-state index in [9.17, 15) is 28.8 Å². The van der Waals surface area contributed by atoms with E-state index in [0.29, 0.717) is 12.8 Å². The van der Waals surface area contributed by atoms with Gasteiger partial charge in [-0.25, -0.2) is 0 Å². The largest absolute Gasteiger partial charge is 0.480 e. The molecule has 0 bridgehead atoms. The maximum Gasteiger partial charge on any atom is 0.325 e. The number of nitrogens with one attached hydrogen (secondary N) is 3. The Hall–Kier alpha value is -3.22. The minimum absolute atomic E-state index is 0.0522. The Morgan fingerprint density at radius 1 is 1.00 bits per heavy atom. The Labute approximate surface area is 185 Å². The fourth-order valence-electron chi connectivity index (χ4n) is 3.13. The van der Waals surface area contributed by atoms with Crippen molar-refractivity contribution in [2.75, 3.05) is 6.54 Å². The second-order valence-corrected chi connectivity index (χ2v) is 7.84. The van der Waals surface area contributed by atoms with Crippen LogP contribution in [0.5, 0.6) is 0 Å². The van der Waals surface area contributed by atoms with Crippen LogP contribution in [0.1, 0.15) is 46.5 Å². The van der Waals surface area contributed by atoms with E-state index in [1.54, 1.807) is 0 Å². The van der Waals surface area contributed by atoms with E-state index in [0.717, 1.165) is 0 Å². The van der Waals surface area contributed by atoms with Gasteiger partial charge in [0, 0.05) is 13.0 Å². The summed E-state index contributed by atoms with van der Waals surface area (Å²) in [4.78, 5) is 73.2. The Kier molecular flexibility index (Phi) is 10.0. The Morgan fingerprint density at radius 3 is 2.16 bits per heavy atom. The maximum atomic E-state index is 13.1. The molecule has 0 aliphatic carbocycles. The molecule has 0 unspecified atom stereocenters. The smallest absolute Gasteiger partial charge is 0.325 e. The summed E-state index contributed by atoms with van der Waals surface area (Å²) in [7, 11) is 0. The molecule has 13 nitrogen and oxygen atoms in total. The molecule has 5 amide bonds. The van der Waals surface area contributed by atoms with Gasteiger partial charge >= 0.3 is 5.97 Å². The molecule has 1 heterocycles. The lowest BCUT2D eigenvalue weighted by Gasteiger charge is -2.29. The van der Waals surface area contributed by atoms with Crippen LogP contribution in [0.2, 0.25) is 0 Å². The summed E-state index contributed by atoms with van der Waals surface area (Å²) in [6.45, 7) is 4.36. The third-order valence-electron chi connectivity index (χ3n) is 5.03. The van der Waals surface area contributed by atoms with Crippen molar-refractivity contribution in [2.45, 2.75) is 76.7 Å². The molecule has 1 rings (SSSR count). The van der Waals surface area contributed by atoms with Gasteiger partial charge < -0.3 is 37.4 Å². The summed E-state index contributed by atoms with van der Waals surface area (Å²) in [5.74, 6) is -4.30. The van der Waals surface area contributed by atoms with Crippen molar-refractivity contribution < 1.29 is 33.9 Å². The highest BCUT2D eigenvalue weighted by atomic mass is 16.4. The molecule has 0 saturated carbocycles. The number of amides is 5. The van der Waals surface area contributed by atoms with Crippen molar-refractivity contribution in [3.05, 3.63) is 0 Å². The number of nitrogens with zero attached hydrogens (tertiary/aromatic N) is 1. The van der Waals surface area contributed by atoms with Gasteiger partial charge in [0.1, 0.15) is 24.2 Å². The number of carbonyl (C=O) groups is 6. The molecule has 5 atom stereocenters. The van der Waals surface area contributed by atoms with Gasteiger partial charge in [-0.3, -0.25) is 28.8 Å². The molecule has 32 heavy (non-hydrogen) atoms. The molecule has 1 aliphatic heterocycles. The van der Waals surface area contributed by atoms with Gasteiger partial charge in [0.15, 0.2) is 0 Å². The number of carboxylic acid groups (broad SMARTS) is 1. The molecule has 180 valence electrons. The molecular formula is C19H32N6O7. The normalized spacial score (nSPS) is 19.2. The molecule has 0 spiro atoms. The second-order valence-electron chi connectivity index (χ2n) is 7.84. The Bertz CT molecular complexity index is 756. The third-order valence-corrected chi connectivity index (χ3v) is 5.03. The summed E-state index contributed by atoms with van der Waals surface area (Å²) in [6.07, 6.45) is 0.647. The molecule has 0 aromatic rings. The van der Waals surface area contributed by atoms with Crippen molar-refractivity contribution in [3.8, 4) is 0 Å². The number of hydrogen-bond acceptors (Lipinski definition) is 7. The molecule has 13 heteroatoms. The van der Waals surface area contributed by atoms with E-state index in [1.807, 2.05) is 0 Å². The number of likely N-dealkylation sites (tertiary alicyclic amines) is 1. The van der Waals surface area contributed by atoms with Crippen LogP contribution < -0.4 is 27.4 Å². The van der Waals surface area contributed by atoms with E-state index >= 15 is 0 Å². The zero-order chi connectivity index (χ0) is 24.6. The van der Waals surface area contributed by atoms with E-state index < -0.39 is 65.7 Å². The minimum Gasteiger partial charge on any atom is -0.480 e. The van der Waals surface area contributed by atoms with Crippen molar-refractivity contribution >= 4 is 35.5 Å². The SMILES string of the molecule is C[C@H](N)C(=O)N[C@@H](CCC(N)=O)C(=O)N1CCC[C@H]1C(=O)N[C@@H](C)C(=O)N[C@@H](C)C(=O)O. The van der Waals surface area contributed by atoms with Crippen molar-refractivity contribution in [2.24, 2.45) is 11.5 Å². The highest BCUT2D eigenvalue weighted by molar-refractivity contribution is 5.95. The highest BCUT2D eigenvalue weighted by Gasteiger charge is 2.38. The van der Waals surface area contributed by atoms with Crippen molar-refractivity contribution in [1.82, 2.24) is 20.9 Å². The predicted molar refractivity (Wildman–Crippen MR) is 112 cm³/mol. The van der Waals surface area contributed by atoms with Crippen LogP contribution in [0.3, 0.4) is 0 Å². The minimum atomic E-state index is -1.22. The number of nitrogens with two attached hydrogens (primary N) is 2. The van der Waals surface area contributed by atoms with Crippen molar-refractivity contribution in [1.29, 1.82) is 0 Å². The predicted octanol–water partition coefficient (Wildman–Crippen LogP) is -2.83. The van der Waals surface area contributed by atoms with Crippen LogP contribution in [-0.2, 0) is 28.8 Å². The molecule has 8 N–H and O–H groups in total. The van der Waals surface area contributed by atoms with Gasteiger partial charge in [-0.1, -0.05) is 0 Å². The van der Waals surface area contributed by atoms with Gasteiger partial charge in [0.05, 0.1) is 6.04 Å². The van der Waals surface area contributed by atoms with Crippen LogP contribution in [0.15, 0.2) is 0 Å². The molecular weight excluding hydrogens is 424 g/mol. The van der Waals surface area contributed by atoms with Crippen LogP contribution in [0.4, 0.5) is 0 Å². The fourth-order valence-corrected chi connectivity index (χ4v) is 3.13. The first-order valence-corrected chi connectivity index (χ1v) is 10.3. The van der Waals surface area contributed by atoms with Gasteiger partial charge in [-0.05, 0) is 40.0 Å². The molecule has 1 fully saturated rings. The highest BCUT2D eigenvalue weighted by Crippen LogP contribution is 2.20. The number of aliphatic carboxylic acids is 1. The zero-order valence-corrected chi connectivity index (χ0v) is 18.4. The molecule has 1 saturated heterocycles. The monoisotopic (exact) mass is 456 g/mol. The van der Waals surface area contributed by atoms with Gasteiger partial charge in [-0.2, -0.15) is 0 Å². The van der Waals surface area contributed by atoms with Crippen LogP contribution in [0.25, 0.3) is 0 Å². The van der Waals surface area contributed by atoms with Crippen LogP contribution in [-0.4, -0.2) is 82.3 Å². The summed E-state index contributed by atoms with van der Waals surface area (Å²) in [5, 5.41) is 16.1. The lowest BCUT2D eigenvalue weighted by atomic mass is 10.1. The second kappa shape index (κ2) is 12.0. The quantitative estimate of drug-likeness (QED) is 0.190. The van der Waals surface area contributed by atoms with Gasteiger partial charge in [-0.15, -0.1) is 0 Å². The summed E-state index contributed by atoms with van der Waals surface area (Å²) >= 11 is 0. The lowest BCUT2D eigenvalue weighted by molar-refractivity contribution is -0.143. The molecule has 1 aliphatic rings. The standard InChI is InChI=1S/C19H32N6O7/c1-9(20)15(27)24-12(6-7-14(21)26)18(30)25-8-4-5-13(25)17(29)22-10(2)16(28)23-11(3)19(31)32/h9-13H,4-8,20H2,1-3H3,(H2,21,26)(H,22,29)(H,23,28)(H,24,27)(H,31,32)/t9-,10-,11-,12-,13-/m0/s1. The van der Waals surface area contributed by atoms with Gasteiger partial charge in [0.2, 0.25) is 29.5 Å². The third kappa shape index (κ3) is 7.80. The summed E-state index contributed by atoms with van der Waals surface area (Å²) in [5.41, 5.74) is 10.7. The Balaban J connectivity index is 2.86. The number of rotatable bonds is 11. The number of carbonyl (C=O) groups excluding carboxylic acids is 5. The number of hydrogen-bond donors (Lipinski definition) is 6. The molecule has 0 aromatic heterocycles. The number of carboxylic acids is 1. The van der Waals surface area contributed by atoms with E-state index in [2.05, 4.69) is 16.0 Å². The lowest BCUT2D eigenvalue weighted by Crippen LogP contribution is -2.57. The number of primary amides is 1.